The molecule has 1 aromatic carbocycles. The maximum Gasteiger partial charge on any atom is 0.269 e. The van der Waals surface area contributed by atoms with Gasteiger partial charge in [0.25, 0.3) is 11.6 Å². The van der Waals surface area contributed by atoms with Gasteiger partial charge in [0.15, 0.2) is 5.78 Å². The summed E-state index contributed by atoms with van der Waals surface area (Å²) in [6.07, 6.45) is 1.30. The van der Waals surface area contributed by atoms with Crippen LogP contribution in [0.3, 0.4) is 0 Å². The number of ketones is 1. The van der Waals surface area contributed by atoms with E-state index in [1.807, 2.05) is 0 Å². The molecule has 6 nitrogen and oxygen atoms in total. The lowest BCUT2D eigenvalue weighted by Crippen LogP contribution is -2.18. The molecule has 0 heterocycles. The highest BCUT2D eigenvalue weighted by Crippen LogP contribution is 2.14. The number of primary amides is 1. The Kier molecular flexibility index (Phi) is 3.71. The first-order valence-corrected chi connectivity index (χ1v) is 4.68. The van der Waals surface area contributed by atoms with Crippen LogP contribution in [0.15, 0.2) is 29.8 Å². The van der Waals surface area contributed by atoms with Gasteiger partial charge in [-0.25, -0.2) is 0 Å². The Morgan fingerprint density at radius 2 is 1.82 bits per heavy atom. The van der Waals surface area contributed by atoms with Gasteiger partial charge < -0.3 is 5.73 Å². The number of nitrogens with two attached hydrogens (primary N) is 1. The minimum Gasteiger partial charge on any atom is -0.365 e. The first-order valence-electron chi connectivity index (χ1n) is 4.68. The van der Waals surface area contributed by atoms with Crippen molar-refractivity contribution in [2.24, 2.45) is 5.73 Å². The number of hydrogen-bond donors (Lipinski definition) is 1. The summed E-state index contributed by atoms with van der Waals surface area (Å²) < 4.78 is 0. The number of rotatable bonds is 4. The first-order chi connectivity index (χ1) is 7.91. The Labute approximate surface area is 96.9 Å². The zero-order chi connectivity index (χ0) is 13.0. The summed E-state index contributed by atoms with van der Waals surface area (Å²) in [6.45, 7) is 1.22. The van der Waals surface area contributed by atoms with Crippen molar-refractivity contribution in [2.45, 2.75) is 6.92 Å². The molecule has 0 atom stereocenters. The van der Waals surface area contributed by atoms with Crippen LogP contribution >= 0.6 is 0 Å². The molecule has 0 unspecified atom stereocenters. The Morgan fingerprint density at radius 1 is 1.29 bits per heavy atom. The van der Waals surface area contributed by atoms with E-state index in [0.29, 0.717) is 5.56 Å². The van der Waals surface area contributed by atoms with Gasteiger partial charge in [-0.05, 0) is 30.7 Å². The molecule has 1 amide bonds. The second kappa shape index (κ2) is 5.02. The van der Waals surface area contributed by atoms with E-state index in [1.54, 1.807) is 0 Å². The maximum absolute atomic E-state index is 11.1. The fraction of sp³-hybridized carbons (Fsp3) is 0.0909. The van der Waals surface area contributed by atoms with Crippen molar-refractivity contribution in [3.63, 3.8) is 0 Å². The van der Waals surface area contributed by atoms with E-state index in [-0.39, 0.29) is 11.3 Å². The molecule has 0 spiro atoms. The summed E-state index contributed by atoms with van der Waals surface area (Å²) in [5, 5.41) is 10.4. The highest BCUT2D eigenvalue weighted by molar-refractivity contribution is 6.21. The minimum atomic E-state index is -0.823. The number of hydrogen-bond acceptors (Lipinski definition) is 4. The molecule has 0 radical (unpaired) electrons. The minimum absolute atomic E-state index is 0.0643. The van der Waals surface area contributed by atoms with E-state index < -0.39 is 16.6 Å². The van der Waals surface area contributed by atoms with Gasteiger partial charge in [-0.2, -0.15) is 0 Å². The van der Waals surface area contributed by atoms with E-state index >= 15 is 0 Å². The molecule has 17 heavy (non-hydrogen) atoms. The van der Waals surface area contributed by atoms with Crippen molar-refractivity contribution in [1.29, 1.82) is 0 Å². The molecule has 0 saturated heterocycles. The topological polar surface area (TPSA) is 103 Å². The number of Topliss-reactive ketones (excluding diaryl/α,β-unsaturated/α-hetero) is 1. The maximum atomic E-state index is 11.1. The van der Waals surface area contributed by atoms with E-state index in [9.17, 15) is 19.7 Å². The lowest BCUT2D eigenvalue weighted by molar-refractivity contribution is -0.384. The zero-order valence-corrected chi connectivity index (χ0v) is 9.04. The smallest absolute Gasteiger partial charge is 0.269 e. The number of non-ortho nitro benzene ring substituents is 1. The van der Waals surface area contributed by atoms with Crippen LogP contribution in [0.5, 0.6) is 0 Å². The molecule has 6 heteroatoms. The number of nitro groups is 1. The molecule has 0 aliphatic heterocycles. The molecule has 88 valence electrons. The molecule has 1 rings (SSSR count). The average Bonchev–Trinajstić information content (AvgIpc) is 2.25. The predicted octanol–water partition coefficient (Wildman–Crippen LogP) is 1.05. The molecule has 1 aromatic rings. The Hall–Kier alpha value is -2.50. The van der Waals surface area contributed by atoms with Crippen molar-refractivity contribution in [2.75, 3.05) is 0 Å². The molecule has 0 aliphatic carbocycles. The molecule has 0 bridgehead atoms. The highest BCUT2D eigenvalue weighted by Gasteiger charge is 2.10. The fourth-order valence-electron chi connectivity index (χ4n) is 1.21. The second-order valence-electron chi connectivity index (χ2n) is 3.33. The number of amides is 1. The standard InChI is InChI=1S/C11H10N2O4/c1-7(14)10(11(12)15)6-8-2-4-9(5-3-8)13(16)17/h2-6H,1H3,(H2,12,15). The summed E-state index contributed by atoms with van der Waals surface area (Å²) in [5.74, 6) is -1.27. The first kappa shape index (κ1) is 12.6. The third kappa shape index (κ3) is 3.23. The van der Waals surface area contributed by atoms with Gasteiger partial charge in [-0.15, -0.1) is 0 Å². The fourth-order valence-corrected chi connectivity index (χ4v) is 1.21. The van der Waals surface area contributed by atoms with Crippen LogP contribution in [0.2, 0.25) is 0 Å². The highest BCUT2D eigenvalue weighted by atomic mass is 16.6. The van der Waals surface area contributed by atoms with Gasteiger partial charge >= 0.3 is 0 Å². The van der Waals surface area contributed by atoms with Crippen LogP contribution in [0, 0.1) is 10.1 Å². The molecule has 0 aliphatic rings. The van der Waals surface area contributed by atoms with Crippen LogP contribution in [0.1, 0.15) is 12.5 Å². The molecule has 0 saturated carbocycles. The van der Waals surface area contributed by atoms with Crippen molar-refractivity contribution < 1.29 is 14.5 Å². The number of nitro benzene ring substituents is 1. The van der Waals surface area contributed by atoms with Crippen molar-refractivity contribution in [3.05, 3.63) is 45.5 Å². The summed E-state index contributed by atoms with van der Waals surface area (Å²) in [4.78, 5) is 31.9. The quantitative estimate of drug-likeness (QED) is 0.276. The van der Waals surface area contributed by atoms with Crippen LogP contribution < -0.4 is 5.73 Å². The predicted molar refractivity (Wildman–Crippen MR) is 60.9 cm³/mol. The molecular formula is C11H10N2O4. The largest absolute Gasteiger partial charge is 0.365 e. The summed E-state index contributed by atoms with van der Waals surface area (Å²) in [7, 11) is 0. The van der Waals surface area contributed by atoms with E-state index in [4.69, 9.17) is 5.73 Å². The van der Waals surface area contributed by atoms with Crippen LogP contribution in [0.25, 0.3) is 6.08 Å². The van der Waals surface area contributed by atoms with Crippen molar-refractivity contribution in [3.8, 4) is 0 Å². The third-order valence-electron chi connectivity index (χ3n) is 2.06. The number of benzene rings is 1. The second-order valence-corrected chi connectivity index (χ2v) is 3.33. The third-order valence-corrected chi connectivity index (χ3v) is 2.06. The normalized spacial score (nSPS) is 11.0. The van der Waals surface area contributed by atoms with Gasteiger partial charge in [-0.3, -0.25) is 19.7 Å². The number of carbonyl (C=O) groups is 2. The number of nitrogens with zero attached hydrogens (tertiary/aromatic N) is 1. The zero-order valence-electron chi connectivity index (χ0n) is 9.04. The average molecular weight is 234 g/mol. The lowest BCUT2D eigenvalue weighted by atomic mass is 10.1. The molecule has 2 N–H and O–H groups in total. The van der Waals surface area contributed by atoms with Gasteiger partial charge in [0.1, 0.15) is 0 Å². The van der Waals surface area contributed by atoms with E-state index in [0.717, 1.165) is 0 Å². The summed E-state index contributed by atoms with van der Waals surface area (Å²) in [5.41, 5.74) is 5.32. The molecular weight excluding hydrogens is 224 g/mol. The number of carbonyl (C=O) groups excluding carboxylic acids is 2. The monoisotopic (exact) mass is 234 g/mol. The SMILES string of the molecule is CC(=O)C(=Cc1ccc([N+](=O)[O-])cc1)C(N)=O. The molecule has 0 fully saturated rings. The van der Waals surface area contributed by atoms with Crippen molar-refractivity contribution >= 4 is 23.5 Å². The summed E-state index contributed by atoms with van der Waals surface area (Å²) >= 11 is 0. The van der Waals surface area contributed by atoms with Gasteiger partial charge in [0.05, 0.1) is 10.5 Å². The van der Waals surface area contributed by atoms with Gasteiger partial charge in [0.2, 0.25) is 0 Å². The Morgan fingerprint density at radius 3 is 2.18 bits per heavy atom. The Bertz CT molecular complexity index is 487. The van der Waals surface area contributed by atoms with E-state index in [1.165, 1.54) is 37.3 Å². The van der Waals surface area contributed by atoms with Crippen LogP contribution in [-0.4, -0.2) is 16.6 Å². The van der Waals surface area contributed by atoms with Crippen LogP contribution in [-0.2, 0) is 9.59 Å². The van der Waals surface area contributed by atoms with Crippen LogP contribution in [0.4, 0.5) is 5.69 Å². The molecule has 0 aromatic heterocycles. The van der Waals surface area contributed by atoms with Crippen molar-refractivity contribution in [1.82, 2.24) is 0 Å². The lowest BCUT2D eigenvalue weighted by Gasteiger charge is -1.98. The Balaban J connectivity index is 3.09. The van der Waals surface area contributed by atoms with E-state index in [2.05, 4.69) is 0 Å². The van der Waals surface area contributed by atoms with Gasteiger partial charge in [-0.1, -0.05) is 0 Å². The van der Waals surface area contributed by atoms with Gasteiger partial charge in [0, 0.05) is 12.1 Å². The summed E-state index contributed by atoms with van der Waals surface area (Å²) in [6, 6.07) is 5.43.